The molecule has 1 aliphatic carbocycles. The Labute approximate surface area is 161 Å². The number of halogens is 1. The lowest BCUT2D eigenvalue weighted by atomic mass is 9.84. The van der Waals surface area contributed by atoms with E-state index < -0.39 is 5.82 Å². The second-order valence-corrected chi connectivity index (χ2v) is 7.37. The van der Waals surface area contributed by atoms with Gasteiger partial charge in [0.2, 0.25) is 5.91 Å². The number of nitrogens with zero attached hydrogens (tertiary/aromatic N) is 2. The van der Waals surface area contributed by atoms with E-state index in [9.17, 15) is 9.18 Å². The summed E-state index contributed by atoms with van der Waals surface area (Å²) in [5.41, 5.74) is 0.410. The van der Waals surface area contributed by atoms with Gasteiger partial charge in [-0.05, 0) is 37.5 Å². The lowest BCUT2D eigenvalue weighted by molar-refractivity contribution is -0.138. The maximum atomic E-state index is 14.0. The van der Waals surface area contributed by atoms with E-state index in [1.54, 1.807) is 32.1 Å². The van der Waals surface area contributed by atoms with Gasteiger partial charge in [0.25, 0.3) is 0 Å². The molecule has 27 heavy (non-hydrogen) atoms. The summed E-state index contributed by atoms with van der Waals surface area (Å²) in [4.78, 5) is 18.6. The second kappa shape index (κ2) is 9.06. The number of rotatable bonds is 6. The van der Waals surface area contributed by atoms with Gasteiger partial charge in [-0.2, -0.15) is 0 Å². The van der Waals surface area contributed by atoms with Crippen LogP contribution in [0.25, 0.3) is 0 Å². The van der Waals surface area contributed by atoms with Gasteiger partial charge < -0.3 is 20.3 Å². The maximum absolute atomic E-state index is 14.0. The molecule has 0 aromatic heterocycles. The molecule has 2 rings (SSSR count). The molecule has 0 bridgehead atoms. The summed E-state index contributed by atoms with van der Waals surface area (Å²) in [6.45, 7) is 2.47. The van der Waals surface area contributed by atoms with Gasteiger partial charge in [-0.1, -0.05) is 18.9 Å². The molecule has 1 atom stereocenters. The minimum atomic E-state index is -0.395. The lowest BCUT2D eigenvalue weighted by Gasteiger charge is -2.31. The monoisotopic (exact) mass is 378 g/mol. The molecule has 1 aromatic rings. The van der Waals surface area contributed by atoms with Crippen molar-refractivity contribution in [3.05, 3.63) is 29.6 Å². The van der Waals surface area contributed by atoms with Crippen molar-refractivity contribution >= 4 is 11.9 Å². The van der Waals surface area contributed by atoms with Crippen molar-refractivity contribution in [3.8, 4) is 5.75 Å². The van der Waals surface area contributed by atoms with E-state index in [2.05, 4.69) is 15.6 Å². The molecule has 7 heteroatoms. The molecular formula is C20H31FN4O2. The minimum Gasteiger partial charge on any atom is -0.494 e. The highest BCUT2D eigenvalue weighted by Gasteiger charge is 2.42. The Morgan fingerprint density at radius 2 is 2.04 bits per heavy atom. The van der Waals surface area contributed by atoms with Crippen molar-refractivity contribution in [2.24, 2.45) is 10.4 Å². The Morgan fingerprint density at radius 3 is 2.56 bits per heavy atom. The first-order valence-corrected chi connectivity index (χ1v) is 9.35. The fourth-order valence-corrected chi connectivity index (χ4v) is 3.68. The third-order valence-electron chi connectivity index (χ3n) is 5.27. The second-order valence-electron chi connectivity index (χ2n) is 7.37. The highest BCUT2D eigenvalue weighted by molar-refractivity contribution is 5.85. The summed E-state index contributed by atoms with van der Waals surface area (Å²) in [6, 6.07) is 4.74. The number of hydrogen-bond donors (Lipinski definition) is 2. The lowest BCUT2D eigenvalue weighted by Crippen LogP contribution is -2.49. The fraction of sp³-hybridized carbons (Fsp3) is 0.600. The topological polar surface area (TPSA) is 66.0 Å². The zero-order valence-corrected chi connectivity index (χ0v) is 16.9. The van der Waals surface area contributed by atoms with Crippen LogP contribution in [0, 0.1) is 11.2 Å². The average Bonchev–Trinajstić information content (AvgIpc) is 3.14. The number of methoxy groups -OCH3 is 1. The van der Waals surface area contributed by atoms with E-state index in [0.717, 1.165) is 31.2 Å². The van der Waals surface area contributed by atoms with Crippen LogP contribution in [0.4, 0.5) is 4.39 Å². The number of nitrogens with one attached hydrogen (secondary N) is 2. The molecule has 1 unspecified atom stereocenters. The summed E-state index contributed by atoms with van der Waals surface area (Å²) in [7, 11) is 6.73. The number of hydrogen-bond acceptors (Lipinski definition) is 3. The van der Waals surface area contributed by atoms with Gasteiger partial charge >= 0.3 is 0 Å². The molecule has 0 aliphatic heterocycles. The van der Waals surface area contributed by atoms with Crippen molar-refractivity contribution in [1.82, 2.24) is 15.5 Å². The Balaban J connectivity index is 2.02. The molecule has 0 radical (unpaired) electrons. The van der Waals surface area contributed by atoms with Gasteiger partial charge in [-0.15, -0.1) is 0 Å². The van der Waals surface area contributed by atoms with Crippen molar-refractivity contribution < 1.29 is 13.9 Å². The summed E-state index contributed by atoms with van der Waals surface area (Å²) >= 11 is 0. The van der Waals surface area contributed by atoms with Gasteiger partial charge in [0.15, 0.2) is 17.5 Å². The first-order valence-electron chi connectivity index (χ1n) is 9.35. The molecule has 1 fully saturated rings. The molecule has 1 saturated carbocycles. The molecule has 6 nitrogen and oxygen atoms in total. The summed E-state index contributed by atoms with van der Waals surface area (Å²) < 4.78 is 18.9. The SMILES string of the molecule is CN=C(NCC1(C(=O)N(C)C)CCCC1)NC(C)c1ccc(OC)c(F)c1. The zero-order chi connectivity index (χ0) is 20.0. The molecule has 0 saturated heterocycles. The molecule has 1 aliphatic rings. The van der Waals surface area contributed by atoms with Crippen molar-refractivity contribution in [2.75, 3.05) is 34.8 Å². The zero-order valence-electron chi connectivity index (χ0n) is 16.9. The van der Waals surface area contributed by atoms with Gasteiger partial charge in [0, 0.05) is 27.7 Å². The Bertz CT molecular complexity index is 685. The quantitative estimate of drug-likeness (QED) is 0.590. The number of amides is 1. The molecule has 150 valence electrons. The Kier molecular flexibility index (Phi) is 7.05. The van der Waals surface area contributed by atoms with E-state index in [1.807, 2.05) is 13.0 Å². The van der Waals surface area contributed by atoms with Crippen LogP contribution in [0.5, 0.6) is 5.75 Å². The predicted molar refractivity (Wildman–Crippen MR) is 105 cm³/mol. The molecule has 2 N–H and O–H groups in total. The molecule has 1 aromatic carbocycles. The van der Waals surface area contributed by atoms with Crippen LogP contribution in [0.15, 0.2) is 23.2 Å². The number of ether oxygens (including phenoxy) is 1. The normalized spacial score (nSPS) is 17.3. The number of carbonyl (C=O) groups excluding carboxylic acids is 1. The van der Waals surface area contributed by atoms with Gasteiger partial charge in [-0.3, -0.25) is 9.79 Å². The van der Waals surface area contributed by atoms with Crippen molar-refractivity contribution in [1.29, 1.82) is 0 Å². The highest BCUT2D eigenvalue weighted by atomic mass is 19.1. The predicted octanol–water partition coefficient (Wildman–Crippen LogP) is 2.71. The van der Waals surface area contributed by atoms with Crippen molar-refractivity contribution in [3.63, 3.8) is 0 Å². The maximum Gasteiger partial charge on any atom is 0.230 e. The molecule has 0 heterocycles. The minimum absolute atomic E-state index is 0.152. The van der Waals surface area contributed by atoms with Crippen LogP contribution in [0.1, 0.15) is 44.2 Å². The van der Waals surface area contributed by atoms with E-state index >= 15 is 0 Å². The first-order chi connectivity index (χ1) is 12.8. The Morgan fingerprint density at radius 1 is 1.37 bits per heavy atom. The van der Waals surface area contributed by atoms with Gasteiger partial charge in [-0.25, -0.2) is 4.39 Å². The first kappa shape index (κ1) is 21.0. The van der Waals surface area contributed by atoms with Gasteiger partial charge in [0.05, 0.1) is 18.6 Å². The summed E-state index contributed by atoms with van der Waals surface area (Å²) in [6.07, 6.45) is 3.89. The van der Waals surface area contributed by atoms with Crippen LogP contribution in [0.2, 0.25) is 0 Å². The number of aliphatic imine (C=N–C) groups is 1. The van der Waals surface area contributed by atoms with Crippen molar-refractivity contribution in [2.45, 2.75) is 38.6 Å². The van der Waals surface area contributed by atoms with Crippen LogP contribution < -0.4 is 15.4 Å². The largest absolute Gasteiger partial charge is 0.494 e. The van der Waals surface area contributed by atoms with E-state index in [-0.39, 0.29) is 23.1 Å². The molecular weight excluding hydrogens is 347 g/mol. The van der Waals surface area contributed by atoms with Crippen LogP contribution >= 0.6 is 0 Å². The van der Waals surface area contributed by atoms with E-state index in [4.69, 9.17) is 4.74 Å². The van der Waals surface area contributed by atoms with Crippen LogP contribution in [-0.2, 0) is 4.79 Å². The third kappa shape index (κ3) is 4.90. The molecule has 1 amide bonds. The van der Waals surface area contributed by atoms with E-state index in [1.165, 1.54) is 13.2 Å². The smallest absolute Gasteiger partial charge is 0.230 e. The fourth-order valence-electron chi connectivity index (χ4n) is 3.68. The number of benzene rings is 1. The Hall–Kier alpha value is -2.31. The highest BCUT2D eigenvalue weighted by Crippen LogP contribution is 2.38. The van der Waals surface area contributed by atoms with E-state index in [0.29, 0.717) is 12.5 Å². The number of carbonyl (C=O) groups is 1. The van der Waals surface area contributed by atoms with Gasteiger partial charge in [0.1, 0.15) is 0 Å². The summed E-state index contributed by atoms with van der Waals surface area (Å²) in [5.74, 6) is 0.580. The standard InChI is InChI=1S/C20H31FN4O2/c1-14(15-8-9-17(27-5)16(21)12-15)24-19(22-2)23-13-20(10-6-7-11-20)18(26)25(3)4/h8-9,12,14H,6-7,10-11,13H2,1-5H3,(H2,22,23,24). The number of guanidine groups is 1. The van der Waals surface area contributed by atoms with Crippen LogP contribution in [-0.4, -0.2) is 51.6 Å². The van der Waals surface area contributed by atoms with Crippen LogP contribution in [0.3, 0.4) is 0 Å². The summed E-state index contributed by atoms with van der Waals surface area (Å²) in [5, 5.41) is 6.56. The molecule has 0 spiro atoms. The third-order valence-corrected chi connectivity index (χ3v) is 5.27. The average molecular weight is 378 g/mol.